The molecule has 1 aromatic rings. The molecule has 0 spiro atoms. The maximum atomic E-state index is 12.2. The number of nitrogens with one attached hydrogen (secondary N) is 1. The van der Waals surface area contributed by atoms with Crippen molar-refractivity contribution in [3.05, 3.63) is 35.4 Å². The van der Waals surface area contributed by atoms with Crippen LogP contribution in [0.5, 0.6) is 0 Å². The van der Waals surface area contributed by atoms with E-state index < -0.39 is 0 Å². The second-order valence-electron chi connectivity index (χ2n) is 8.11. The van der Waals surface area contributed by atoms with Gasteiger partial charge in [-0.1, -0.05) is 65.8 Å². The number of carbonyl (C=O) groups is 1. The second-order valence-corrected chi connectivity index (χ2v) is 8.11. The molecule has 0 heterocycles. The molecule has 1 fully saturated rings. The maximum Gasteiger partial charge on any atom is 0.226 e. The van der Waals surface area contributed by atoms with E-state index in [1.807, 2.05) is 20.8 Å². The van der Waals surface area contributed by atoms with Crippen molar-refractivity contribution in [1.29, 1.82) is 0 Å². The third-order valence-corrected chi connectivity index (χ3v) is 4.09. The normalized spacial score (nSPS) is 17.7. The van der Waals surface area contributed by atoms with Gasteiger partial charge >= 0.3 is 0 Å². The van der Waals surface area contributed by atoms with Gasteiger partial charge in [0.1, 0.15) is 0 Å². The van der Waals surface area contributed by atoms with Crippen LogP contribution in [0.3, 0.4) is 0 Å². The standard InChI is InChI=1S/C18H27NO/c1-16(2,3)13-7-9-14(10-8-13)18(11-12-18)19-15(20)17(4,5)6/h7-10H,11-12H2,1-6H3,(H,19,20). The van der Waals surface area contributed by atoms with E-state index in [1.54, 1.807) is 0 Å². The first-order valence-electron chi connectivity index (χ1n) is 7.48. The zero-order chi connectivity index (χ0) is 15.2. The van der Waals surface area contributed by atoms with Gasteiger partial charge in [-0.25, -0.2) is 0 Å². The second kappa shape index (κ2) is 4.61. The summed E-state index contributed by atoms with van der Waals surface area (Å²) in [6.45, 7) is 12.5. The lowest BCUT2D eigenvalue weighted by Crippen LogP contribution is -2.41. The van der Waals surface area contributed by atoms with E-state index in [0.717, 1.165) is 12.8 Å². The van der Waals surface area contributed by atoms with Crippen molar-refractivity contribution in [2.45, 2.75) is 65.3 Å². The Hall–Kier alpha value is -1.31. The van der Waals surface area contributed by atoms with Crippen molar-refractivity contribution in [2.24, 2.45) is 5.41 Å². The van der Waals surface area contributed by atoms with Crippen LogP contribution in [0.15, 0.2) is 24.3 Å². The van der Waals surface area contributed by atoms with Crippen molar-refractivity contribution in [2.75, 3.05) is 0 Å². The van der Waals surface area contributed by atoms with Gasteiger partial charge in [-0.2, -0.15) is 0 Å². The average Bonchev–Trinajstić information content (AvgIpc) is 3.08. The summed E-state index contributed by atoms with van der Waals surface area (Å²) in [6.07, 6.45) is 2.09. The predicted octanol–water partition coefficient (Wildman–Crippen LogP) is 4.14. The minimum atomic E-state index is -0.332. The van der Waals surface area contributed by atoms with E-state index in [9.17, 15) is 4.79 Å². The van der Waals surface area contributed by atoms with Gasteiger partial charge in [0.25, 0.3) is 0 Å². The van der Waals surface area contributed by atoms with Crippen LogP contribution in [0.1, 0.15) is 65.5 Å². The minimum absolute atomic E-state index is 0.110. The van der Waals surface area contributed by atoms with Crippen LogP contribution in [0, 0.1) is 5.41 Å². The van der Waals surface area contributed by atoms with Crippen LogP contribution in [0.2, 0.25) is 0 Å². The number of carbonyl (C=O) groups excluding carboxylic acids is 1. The van der Waals surface area contributed by atoms with Gasteiger partial charge in [0.15, 0.2) is 0 Å². The Morgan fingerprint density at radius 2 is 1.50 bits per heavy atom. The fourth-order valence-electron chi connectivity index (χ4n) is 2.30. The molecule has 20 heavy (non-hydrogen) atoms. The van der Waals surface area contributed by atoms with E-state index in [2.05, 4.69) is 50.4 Å². The summed E-state index contributed by atoms with van der Waals surface area (Å²) in [7, 11) is 0. The molecule has 1 saturated carbocycles. The van der Waals surface area contributed by atoms with Crippen LogP contribution in [-0.4, -0.2) is 5.91 Å². The Kier molecular flexibility index (Phi) is 3.48. The smallest absolute Gasteiger partial charge is 0.226 e. The summed E-state index contributed by atoms with van der Waals surface area (Å²) in [5, 5.41) is 3.24. The van der Waals surface area contributed by atoms with Crippen molar-refractivity contribution in [3.8, 4) is 0 Å². The SMILES string of the molecule is CC(C)(C)C(=O)NC1(c2ccc(C(C)(C)C)cc2)CC1. The molecule has 0 saturated heterocycles. The van der Waals surface area contributed by atoms with Crippen molar-refractivity contribution >= 4 is 5.91 Å². The molecule has 1 aliphatic carbocycles. The highest BCUT2D eigenvalue weighted by molar-refractivity contribution is 5.82. The van der Waals surface area contributed by atoms with Gasteiger partial charge in [0.2, 0.25) is 5.91 Å². The Labute approximate surface area is 123 Å². The first-order chi connectivity index (χ1) is 9.05. The predicted molar refractivity (Wildman–Crippen MR) is 83.7 cm³/mol. The lowest BCUT2D eigenvalue weighted by Gasteiger charge is -2.25. The van der Waals surface area contributed by atoms with E-state index in [1.165, 1.54) is 11.1 Å². The fourth-order valence-corrected chi connectivity index (χ4v) is 2.30. The molecule has 0 bridgehead atoms. The van der Waals surface area contributed by atoms with Gasteiger partial charge in [0, 0.05) is 5.41 Å². The van der Waals surface area contributed by atoms with Gasteiger partial charge < -0.3 is 5.32 Å². The van der Waals surface area contributed by atoms with Gasteiger partial charge in [-0.15, -0.1) is 0 Å². The van der Waals surface area contributed by atoms with E-state index in [4.69, 9.17) is 0 Å². The molecule has 1 aliphatic rings. The molecule has 0 atom stereocenters. The molecule has 2 nitrogen and oxygen atoms in total. The molecule has 2 heteroatoms. The highest BCUT2D eigenvalue weighted by Crippen LogP contribution is 2.46. The summed E-state index contributed by atoms with van der Waals surface area (Å²) in [5.41, 5.74) is 2.30. The van der Waals surface area contributed by atoms with Crippen molar-refractivity contribution in [3.63, 3.8) is 0 Å². The third-order valence-electron chi connectivity index (χ3n) is 4.09. The van der Waals surface area contributed by atoms with E-state index >= 15 is 0 Å². The monoisotopic (exact) mass is 273 g/mol. The Morgan fingerprint density at radius 1 is 1.00 bits per heavy atom. The summed E-state index contributed by atoms with van der Waals surface area (Å²) in [4.78, 5) is 12.2. The molecule has 1 amide bonds. The topological polar surface area (TPSA) is 29.1 Å². The Balaban J connectivity index is 2.17. The molecule has 2 rings (SSSR count). The van der Waals surface area contributed by atoms with Crippen LogP contribution >= 0.6 is 0 Å². The highest BCUT2D eigenvalue weighted by Gasteiger charge is 2.46. The van der Waals surface area contributed by atoms with Crippen LogP contribution in [-0.2, 0) is 15.7 Å². The summed E-state index contributed by atoms with van der Waals surface area (Å²) in [6, 6.07) is 8.74. The number of benzene rings is 1. The molecule has 0 aliphatic heterocycles. The summed E-state index contributed by atoms with van der Waals surface area (Å²) >= 11 is 0. The molecule has 110 valence electrons. The first-order valence-corrected chi connectivity index (χ1v) is 7.48. The number of rotatable bonds is 2. The summed E-state index contributed by atoms with van der Waals surface area (Å²) < 4.78 is 0. The quantitative estimate of drug-likeness (QED) is 0.862. The number of hydrogen-bond donors (Lipinski definition) is 1. The average molecular weight is 273 g/mol. The fraction of sp³-hybridized carbons (Fsp3) is 0.611. The minimum Gasteiger partial charge on any atom is -0.346 e. The largest absolute Gasteiger partial charge is 0.346 e. The van der Waals surface area contributed by atoms with Crippen molar-refractivity contribution in [1.82, 2.24) is 5.32 Å². The Bertz CT molecular complexity index is 496. The van der Waals surface area contributed by atoms with E-state index in [0.29, 0.717) is 0 Å². The van der Waals surface area contributed by atoms with Gasteiger partial charge in [0.05, 0.1) is 5.54 Å². The summed E-state index contributed by atoms with van der Waals surface area (Å²) in [5.74, 6) is 0.134. The van der Waals surface area contributed by atoms with Crippen LogP contribution in [0.25, 0.3) is 0 Å². The number of hydrogen-bond acceptors (Lipinski definition) is 1. The first kappa shape index (κ1) is 15.1. The van der Waals surface area contributed by atoms with Gasteiger partial charge in [-0.05, 0) is 29.4 Å². The van der Waals surface area contributed by atoms with Gasteiger partial charge in [-0.3, -0.25) is 4.79 Å². The number of amides is 1. The molecule has 0 aromatic heterocycles. The molecule has 0 unspecified atom stereocenters. The molecular formula is C18H27NO. The lowest BCUT2D eigenvalue weighted by molar-refractivity contribution is -0.129. The third kappa shape index (κ3) is 3.05. The molecular weight excluding hydrogens is 246 g/mol. The molecule has 1 N–H and O–H groups in total. The molecule has 1 aromatic carbocycles. The van der Waals surface area contributed by atoms with Crippen LogP contribution < -0.4 is 5.32 Å². The molecule has 0 radical (unpaired) electrons. The highest BCUT2D eigenvalue weighted by atomic mass is 16.2. The Morgan fingerprint density at radius 3 is 1.85 bits per heavy atom. The lowest BCUT2D eigenvalue weighted by atomic mass is 9.86. The van der Waals surface area contributed by atoms with Crippen LogP contribution in [0.4, 0.5) is 0 Å². The van der Waals surface area contributed by atoms with Crippen molar-refractivity contribution < 1.29 is 4.79 Å². The maximum absolute atomic E-state index is 12.2. The zero-order valence-corrected chi connectivity index (χ0v) is 13.6. The van der Waals surface area contributed by atoms with E-state index in [-0.39, 0.29) is 22.3 Å². The zero-order valence-electron chi connectivity index (χ0n) is 13.6.